The van der Waals surface area contributed by atoms with Crippen molar-refractivity contribution >= 4 is 17.5 Å². The third-order valence-electron chi connectivity index (χ3n) is 4.78. The van der Waals surface area contributed by atoms with Gasteiger partial charge >= 0.3 is 0 Å². The maximum atomic E-state index is 12.3. The van der Waals surface area contributed by atoms with Gasteiger partial charge in [0.1, 0.15) is 0 Å². The molecule has 2 aliphatic heterocycles. The average molecular weight is 300 g/mol. The normalized spacial score (nSPS) is 21.9. The third kappa shape index (κ3) is 2.87. The molecule has 4 heteroatoms. The first-order valence-electron chi connectivity index (χ1n) is 8.24. The molecular weight excluding hydrogens is 276 g/mol. The highest BCUT2D eigenvalue weighted by Crippen LogP contribution is 2.41. The number of carbonyl (C=O) groups excluding carboxylic acids is 2. The van der Waals surface area contributed by atoms with E-state index < -0.39 is 0 Å². The Morgan fingerprint density at radius 2 is 1.95 bits per heavy atom. The lowest BCUT2D eigenvalue weighted by Crippen LogP contribution is -2.40. The maximum Gasteiger partial charge on any atom is 0.232 e. The lowest BCUT2D eigenvalue weighted by molar-refractivity contribution is -0.133. The standard InChI is InChI=1S/C18H24N2O2/c1-12(2)11-16(21)20-9-7-13(8-10-20)17-14-5-3-4-6-15(14)19-18(17)22/h3-6,12-13,17H,7-11H2,1-2H3,(H,19,22). The molecule has 1 aromatic carbocycles. The minimum Gasteiger partial charge on any atom is -0.343 e. The van der Waals surface area contributed by atoms with Crippen LogP contribution in [-0.2, 0) is 9.59 Å². The van der Waals surface area contributed by atoms with Crippen LogP contribution in [0.4, 0.5) is 5.69 Å². The van der Waals surface area contributed by atoms with Crippen LogP contribution in [0.1, 0.15) is 44.6 Å². The number of para-hydroxylation sites is 1. The van der Waals surface area contributed by atoms with Gasteiger partial charge in [-0.2, -0.15) is 0 Å². The monoisotopic (exact) mass is 300 g/mol. The van der Waals surface area contributed by atoms with Crippen LogP contribution in [0.3, 0.4) is 0 Å². The van der Waals surface area contributed by atoms with Crippen LogP contribution in [0, 0.1) is 11.8 Å². The summed E-state index contributed by atoms with van der Waals surface area (Å²) in [7, 11) is 0. The first-order chi connectivity index (χ1) is 10.6. The van der Waals surface area contributed by atoms with Crippen molar-refractivity contribution in [3.05, 3.63) is 29.8 Å². The summed E-state index contributed by atoms with van der Waals surface area (Å²) in [6.07, 6.45) is 2.45. The fraction of sp³-hybridized carbons (Fsp3) is 0.556. The summed E-state index contributed by atoms with van der Waals surface area (Å²) < 4.78 is 0. The highest BCUT2D eigenvalue weighted by molar-refractivity contribution is 6.03. The van der Waals surface area contributed by atoms with Crippen LogP contribution in [0.25, 0.3) is 0 Å². The first kappa shape index (κ1) is 15.1. The van der Waals surface area contributed by atoms with Crippen LogP contribution in [-0.4, -0.2) is 29.8 Å². The smallest absolute Gasteiger partial charge is 0.232 e. The van der Waals surface area contributed by atoms with Gasteiger partial charge in [0.2, 0.25) is 11.8 Å². The maximum absolute atomic E-state index is 12.3. The molecule has 0 radical (unpaired) electrons. The molecule has 0 aromatic heterocycles. The number of piperidine rings is 1. The number of likely N-dealkylation sites (tertiary alicyclic amines) is 1. The van der Waals surface area contributed by atoms with Crippen molar-refractivity contribution < 1.29 is 9.59 Å². The molecule has 2 aliphatic rings. The molecule has 0 aliphatic carbocycles. The minimum atomic E-state index is -0.0430. The Labute approximate surface area is 131 Å². The zero-order chi connectivity index (χ0) is 15.7. The second-order valence-corrected chi connectivity index (χ2v) is 6.87. The number of amides is 2. The van der Waals surface area contributed by atoms with E-state index in [1.165, 1.54) is 0 Å². The summed E-state index contributed by atoms with van der Waals surface area (Å²) in [4.78, 5) is 26.4. The molecule has 1 fully saturated rings. The van der Waals surface area contributed by atoms with E-state index in [-0.39, 0.29) is 17.7 Å². The highest BCUT2D eigenvalue weighted by Gasteiger charge is 2.38. The molecule has 1 saturated heterocycles. The van der Waals surface area contributed by atoms with Crippen LogP contribution in [0.2, 0.25) is 0 Å². The Balaban J connectivity index is 1.65. The minimum absolute atomic E-state index is 0.0430. The van der Waals surface area contributed by atoms with Gasteiger partial charge in [0.15, 0.2) is 0 Å². The van der Waals surface area contributed by atoms with Crippen LogP contribution < -0.4 is 5.32 Å². The molecule has 0 bridgehead atoms. The van der Waals surface area contributed by atoms with Crippen molar-refractivity contribution in [2.75, 3.05) is 18.4 Å². The van der Waals surface area contributed by atoms with Crippen molar-refractivity contribution in [2.45, 2.75) is 39.0 Å². The van der Waals surface area contributed by atoms with Gasteiger partial charge in [0.05, 0.1) is 5.92 Å². The van der Waals surface area contributed by atoms with E-state index >= 15 is 0 Å². The number of benzene rings is 1. The summed E-state index contributed by atoms with van der Waals surface area (Å²) in [5, 5.41) is 2.99. The van der Waals surface area contributed by atoms with Gasteiger partial charge in [-0.05, 0) is 36.3 Å². The number of hydrogen-bond donors (Lipinski definition) is 1. The van der Waals surface area contributed by atoms with Crippen molar-refractivity contribution in [2.24, 2.45) is 11.8 Å². The quantitative estimate of drug-likeness (QED) is 0.933. The Morgan fingerprint density at radius 1 is 1.27 bits per heavy atom. The van der Waals surface area contributed by atoms with E-state index in [1.807, 2.05) is 29.2 Å². The van der Waals surface area contributed by atoms with Gasteiger partial charge in [-0.15, -0.1) is 0 Å². The summed E-state index contributed by atoms with van der Waals surface area (Å²) in [6, 6.07) is 7.96. The lowest BCUT2D eigenvalue weighted by Gasteiger charge is -2.34. The number of nitrogens with one attached hydrogen (secondary N) is 1. The average Bonchev–Trinajstić information content (AvgIpc) is 2.82. The fourth-order valence-electron chi connectivity index (χ4n) is 3.66. The molecule has 2 heterocycles. The second-order valence-electron chi connectivity index (χ2n) is 6.87. The SMILES string of the molecule is CC(C)CC(=O)N1CCC(C2C(=O)Nc3ccccc32)CC1. The number of carbonyl (C=O) groups is 2. The Hall–Kier alpha value is -1.84. The molecular formula is C18H24N2O2. The van der Waals surface area contributed by atoms with Crippen molar-refractivity contribution in [1.82, 2.24) is 4.90 Å². The van der Waals surface area contributed by atoms with Crippen molar-refractivity contribution in [1.29, 1.82) is 0 Å². The summed E-state index contributed by atoms with van der Waals surface area (Å²) in [5.74, 6) is 1.07. The summed E-state index contributed by atoms with van der Waals surface area (Å²) in [6.45, 7) is 5.71. The Morgan fingerprint density at radius 3 is 2.64 bits per heavy atom. The zero-order valence-electron chi connectivity index (χ0n) is 13.3. The summed E-state index contributed by atoms with van der Waals surface area (Å²) >= 11 is 0. The van der Waals surface area contributed by atoms with E-state index in [4.69, 9.17) is 0 Å². The molecule has 3 rings (SSSR count). The van der Waals surface area contributed by atoms with Gasteiger partial charge in [0.25, 0.3) is 0 Å². The molecule has 0 spiro atoms. The Kier molecular flexibility index (Phi) is 4.19. The number of hydrogen-bond acceptors (Lipinski definition) is 2. The van der Waals surface area contributed by atoms with Crippen LogP contribution >= 0.6 is 0 Å². The number of rotatable bonds is 3. The van der Waals surface area contributed by atoms with E-state index in [2.05, 4.69) is 19.2 Å². The van der Waals surface area contributed by atoms with E-state index in [1.54, 1.807) is 0 Å². The Bertz CT molecular complexity index is 574. The van der Waals surface area contributed by atoms with Gasteiger partial charge in [-0.1, -0.05) is 32.0 Å². The molecule has 1 unspecified atom stereocenters. The lowest BCUT2D eigenvalue weighted by atomic mass is 9.80. The summed E-state index contributed by atoms with van der Waals surface area (Å²) in [5.41, 5.74) is 2.08. The van der Waals surface area contributed by atoms with E-state index in [9.17, 15) is 9.59 Å². The number of fused-ring (bicyclic) bond motifs is 1. The van der Waals surface area contributed by atoms with Gasteiger partial charge in [0, 0.05) is 25.2 Å². The fourth-order valence-corrected chi connectivity index (χ4v) is 3.66. The molecule has 1 atom stereocenters. The van der Waals surface area contributed by atoms with Crippen molar-refractivity contribution in [3.8, 4) is 0 Å². The first-order valence-corrected chi connectivity index (χ1v) is 8.24. The third-order valence-corrected chi connectivity index (χ3v) is 4.78. The van der Waals surface area contributed by atoms with Gasteiger partial charge < -0.3 is 10.2 Å². The van der Waals surface area contributed by atoms with Crippen LogP contribution in [0.5, 0.6) is 0 Å². The highest BCUT2D eigenvalue weighted by atomic mass is 16.2. The molecule has 4 nitrogen and oxygen atoms in total. The predicted molar refractivity (Wildman–Crippen MR) is 86.6 cm³/mol. The predicted octanol–water partition coefficient (Wildman–Crippen LogP) is 3.01. The largest absolute Gasteiger partial charge is 0.343 e. The zero-order valence-corrected chi connectivity index (χ0v) is 13.3. The van der Waals surface area contributed by atoms with E-state index in [0.717, 1.165) is 37.2 Å². The molecule has 118 valence electrons. The molecule has 1 N–H and O–H groups in total. The van der Waals surface area contributed by atoms with Gasteiger partial charge in [-0.25, -0.2) is 0 Å². The molecule has 22 heavy (non-hydrogen) atoms. The molecule has 2 amide bonds. The number of nitrogens with zero attached hydrogens (tertiary/aromatic N) is 1. The van der Waals surface area contributed by atoms with Gasteiger partial charge in [-0.3, -0.25) is 9.59 Å². The molecule has 1 aromatic rings. The topological polar surface area (TPSA) is 49.4 Å². The van der Waals surface area contributed by atoms with Crippen molar-refractivity contribution in [3.63, 3.8) is 0 Å². The second kappa shape index (κ2) is 6.11. The van der Waals surface area contributed by atoms with E-state index in [0.29, 0.717) is 18.3 Å². The number of anilines is 1. The van der Waals surface area contributed by atoms with Crippen LogP contribution in [0.15, 0.2) is 24.3 Å². The molecule has 0 saturated carbocycles.